The van der Waals surface area contributed by atoms with Gasteiger partial charge in [-0.1, -0.05) is 60.1 Å². The summed E-state index contributed by atoms with van der Waals surface area (Å²) in [7, 11) is -8.09. The van der Waals surface area contributed by atoms with E-state index in [1.165, 1.54) is 15.9 Å². The van der Waals surface area contributed by atoms with Crippen LogP contribution in [-0.4, -0.2) is 282 Å². The van der Waals surface area contributed by atoms with Crippen LogP contribution < -0.4 is 46.1 Å². The Morgan fingerprint density at radius 3 is 1.26 bits per heavy atom. The Bertz CT molecular complexity index is 5250. The molecule has 6 aromatic rings. The molecule has 662 valence electrons. The molecule has 6 aliphatic heterocycles. The van der Waals surface area contributed by atoms with Gasteiger partial charge < -0.3 is 102 Å². The first-order valence-electron chi connectivity index (χ1n) is 38.4. The molecule has 0 aliphatic carbocycles. The zero-order valence-corrected chi connectivity index (χ0v) is 68.6. The largest absolute Gasteiger partial charge is 0.536 e. The summed E-state index contributed by atoms with van der Waals surface area (Å²) in [6.45, 7) is 4.37. The number of para-hydroxylation sites is 1. The lowest BCUT2D eigenvalue weighted by Crippen LogP contribution is -2.59. The van der Waals surface area contributed by atoms with Crippen LogP contribution in [-0.2, 0) is 72.4 Å². The van der Waals surface area contributed by atoms with Gasteiger partial charge >= 0.3 is 86.8 Å². The number of amides is 12. The van der Waals surface area contributed by atoms with Gasteiger partial charge in [-0.15, -0.1) is 0 Å². The third kappa shape index (κ3) is 21.8. The number of urea groups is 3. The molecule has 4 aromatic carbocycles. The lowest BCUT2D eigenvalue weighted by molar-refractivity contribution is -0.153. The molecule has 0 spiro atoms. The number of halogens is 3. The molecule has 125 heavy (non-hydrogen) atoms. The van der Waals surface area contributed by atoms with Crippen LogP contribution in [0, 0.1) is 32.4 Å². The Balaban J connectivity index is 0.000000196. The first kappa shape index (κ1) is 94.3. The second-order valence-electron chi connectivity index (χ2n) is 29.7. The number of aryl methyl sites for hydroxylation is 3. The van der Waals surface area contributed by atoms with Crippen LogP contribution in [0.3, 0.4) is 0 Å². The predicted octanol–water partition coefficient (Wildman–Crippen LogP) is -0.00844. The number of aromatic nitrogens is 2. The number of nitrogens with one attached hydrogen (secondary N) is 4. The third-order valence-electron chi connectivity index (χ3n) is 21.0. The number of hydrogen-bond donors (Lipinski definition) is 15. The van der Waals surface area contributed by atoms with Gasteiger partial charge in [0.25, 0.3) is 0 Å². The third-order valence-corrected chi connectivity index (χ3v) is 22.2. The fraction of sp³-hybridized carbons (Fsp3) is 0.368. The summed E-state index contributed by atoms with van der Waals surface area (Å²) >= 11 is 6.24. The number of piperazine rings is 3. The number of nitrogens with zero attached hydrogens (tertiary/aromatic N) is 8. The average molecular weight is 1780 g/mol. The van der Waals surface area contributed by atoms with Crippen molar-refractivity contribution in [2.75, 3.05) is 84.8 Å². The number of carboxylic acid groups (broad SMARTS) is 2. The Labute approximate surface area is 715 Å². The molecule has 12 amide bonds. The highest BCUT2D eigenvalue weighted by Crippen LogP contribution is 2.44. The van der Waals surface area contributed by atoms with E-state index in [1.807, 2.05) is 19.1 Å². The normalized spacial score (nSPS) is 17.6. The maximum absolute atomic E-state index is 14.8. The maximum atomic E-state index is 14.8. The summed E-state index contributed by atoms with van der Waals surface area (Å²) in [5.41, 5.74) is 12.6. The van der Waals surface area contributed by atoms with Crippen LogP contribution in [0.5, 0.6) is 40.2 Å². The number of benzene rings is 4. The van der Waals surface area contributed by atoms with E-state index in [0.717, 1.165) is 40.7 Å². The van der Waals surface area contributed by atoms with E-state index in [4.69, 9.17) is 37.0 Å². The molecule has 3 fully saturated rings. The monoisotopic (exact) mass is 1780 g/mol. The molecule has 6 aliphatic rings. The van der Waals surface area contributed by atoms with Crippen molar-refractivity contribution in [2.24, 2.45) is 11.5 Å². The fourth-order valence-corrected chi connectivity index (χ4v) is 15.3. The number of pyridine rings is 2. The number of phenolic OH excluding ortho intramolecular Hbond substituents is 2. The maximum Gasteiger partial charge on any atom is 0.526 e. The molecule has 12 rings (SSSR count). The smallest absolute Gasteiger partial charge is 0.526 e. The number of Topliss-reactive ketones (excluding diaryl/α,β-unsaturated/α-hetero) is 3. The minimum absolute atomic E-state index is 0.00243. The van der Waals surface area contributed by atoms with Gasteiger partial charge in [-0.25, -0.2) is 45.9 Å². The highest BCUT2D eigenvalue weighted by atomic mass is 35.5. The predicted molar refractivity (Wildman–Crippen MR) is 431 cm³/mol. The number of phenols is 2. The first-order chi connectivity index (χ1) is 59.0. The number of sulfonamides is 1. The van der Waals surface area contributed by atoms with Crippen LogP contribution >= 0.6 is 11.6 Å². The summed E-state index contributed by atoms with van der Waals surface area (Å²) in [6.07, 6.45) is 1.69. The molecule has 0 bridgehead atoms. The van der Waals surface area contributed by atoms with Crippen LogP contribution in [0.2, 0.25) is 22.5 Å². The number of nitrogens with two attached hydrogens (primary N) is 2. The van der Waals surface area contributed by atoms with E-state index < -0.39 is 214 Å². The second kappa shape index (κ2) is 40.1. The standard InChI is InChI=1S/C26H30BClN4O10S.2C25H27BFN5O9/c1-14-4-3-5-15-12-16(27(39)42-23(14)15)13-19(34)21(17-6-7-18(33)22(35)20(17)28)30-26(38)32-11-10-31(24(36)25(32)37)9-8-29-43(2,40)41;2*1-12-2-3-13-8-14(26(40)41-21(13)18(12)24(37)38)9-17(34)20(19-16(27)10-15(33)11-29-19)30-25(39)32-7-6-31(5-4-28)22(35)23(32)36/h3-7,16,21,29,33,35,39H,8-13H2,1-2H3,(H,30,38);2*2-3,10-11,14,20,33,40H,4-9,28H2,1H3,(H,30,39)(H,37,38)/t16-,21?;14-,20+;14-,20-/m111/s1. The van der Waals surface area contributed by atoms with Gasteiger partial charge in [0.1, 0.15) is 69.4 Å². The van der Waals surface area contributed by atoms with Gasteiger partial charge in [0.05, 0.1) is 23.7 Å². The number of carbonyl (C=O) groups excluding carboxylic acids is 12. The number of carboxylic acids is 2. The highest BCUT2D eigenvalue weighted by Gasteiger charge is 2.47. The van der Waals surface area contributed by atoms with Crippen LogP contribution in [0.15, 0.2) is 79.1 Å². The number of carbonyl (C=O) groups is 14. The zero-order valence-electron chi connectivity index (χ0n) is 67.0. The van der Waals surface area contributed by atoms with E-state index in [0.29, 0.717) is 54.8 Å². The van der Waals surface area contributed by atoms with Gasteiger partial charge in [0.2, 0.25) is 10.0 Å². The minimum Gasteiger partial charge on any atom is -0.536 e. The molecule has 0 radical (unpaired) electrons. The summed E-state index contributed by atoms with van der Waals surface area (Å²) in [5.74, 6) is -18.1. The van der Waals surface area contributed by atoms with Gasteiger partial charge in [-0.05, 0) is 79.5 Å². The zero-order chi connectivity index (χ0) is 91.7. The number of fused-ring (bicyclic) bond motifs is 3. The number of ketones is 3. The molecule has 8 heterocycles. The van der Waals surface area contributed by atoms with E-state index >= 15 is 0 Å². The van der Waals surface area contributed by atoms with Crippen molar-refractivity contribution >= 4 is 126 Å². The lowest BCUT2D eigenvalue weighted by Gasteiger charge is -2.33. The lowest BCUT2D eigenvalue weighted by atomic mass is 9.64. The van der Waals surface area contributed by atoms with Crippen LogP contribution in [0.4, 0.5) is 23.2 Å². The van der Waals surface area contributed by atoms with Crippen molar-refractivity contribution in [2.45, 2.75) is 94.9 Å². The van der Waals surface area contributed by atoms with Crippen molar-refractivity contribution in [1.82, 2.24) is 60.0 Å². The molecule has 0 saturated carbocycles. The summed E-state index contributed by atoms with van der Waals surface area (Å²) in [6, 6.07) is 6.88. The Hall–Kier alpha value is -13.0. The number of rotatable bonds is 25. The SMILES string of the molecule is Cc1ccc2c(c1C(=O)O)OB(O)[C@@H](CC(=O)[C@@H](NC(=O)N1CCN(CCN)C(=O)C1=O)c1ncc(O)cc1F)C2.Cc1ccc2c(c1C(=O)O)OB(O)[C@@H](CC(=O)[C@H](NC(=O)N1CCN(CCN)C(=O)C1=O)c1ncc(O)cc1F)C2.Cc1cccc2c1OB(O)[C@@H](CC(=O)C(NC(=O)N1CCN(CCNS(C)(=O)=O)C(=O)C1=O)c1ccc(O)c(O)c1Cl)C2. The van der Waals surface area contributed by atoms with Crippen molar-refractivity contribution in [3.8, 4) is 40.2 Å². The number of hydrogen-bond acceptors (Lipinski definition) is 30. The second-order valence-corrected chi connectivity index (χ2v) is 31.9. The van der Waals surface area contributed by atoms with E-state index in [9.17, 15) is 130 Å². The Morgan fingerprint density at radius 2 is 0.888 bits per heavy atom. The quantitative estimate of drug-likeness (QED) is 0.0204. The Kier molecular flexibility index (Phi) is 30.3. The molecular formula is C76H84B3ClF2N14O28S. The van der Waals surface area contributed by atoms with Gasteiger partial charge in [-0.2, -0.15) is 0 Å². The molecule has 2 aromatic heterocycles. The first-order valence-corrected chi connectivity index (χ1v) is 40.7. The molecule has 6 atom stereocenters. The van der Waals surface area contributed by atoms with Crippen molar-refractivity contribution in [1.29, 1.82) is 0 Å². The van der Waals surface area contributed by atoms with Crippen LogP contribution in [0.25, 0.3) is 0 Å². The molecular weight excluding hydrogens is 1690 g/mol. The minimum atomic E-state index is -3.52. The Morgan fingerprint density at radius 1 is 0.520 bits per heavy atom. The molecule has 3 saturated heterocycles. The average Bonchev–Trinajstić information content (AvgIpc) is 0.786. The molecule has 49 heteroatoms. The molecule has 17 N–H and O–H groups in total. The summed E-state index contributed by atoms with van der Waals surface area (Å²) in [4.78, 5) is 191. The number of aromatic hydroxyl groups is 4. The molecule has 1 unspecified atom stereocenters. The number of imide groups is 3. The van der Waals surface area contributed by atoms with Gasteiger partial charge in [0, 0.05) is 133 Å². The van der Waals surface area contributed by atoms with E-state index in [1.54, 1.807) is 44.2 Å². The molecule has 42 nitrogen and oxygen atoms in total. The fourth-order valence-electron chi connectivity index (χ4n) is 14.6. The number of aromatic carboxylic acids is 2. The van der Waals surface area contributed by atoms with E-state index in [-0.39, 0.29) is 132 Å². The highest BCUT2D eigenvalue weighted by molar-refractivity contribution is 7.88. The van der Waals surface area contributed by atoms with Crippen LogP contribution in [0.1, 0.15) is 108 Å². The van der Waals surface area contributed by atoms with E-state index in [2.05, 4.69) is 30.6 Å². The van der Waals surface area contributed by atoms with Crippen molar-refractivity contribution in [3.63, 3.8) is 0 Å². The topological polar surface area (TPSA) is 628 Å². The van der Waals surface area contributed by atoms with Gasteiger partial charge in [-0.3, -0.25) is 67.8 Å². The van der Waals surface area contributed by atoms with Crippen molar-refractivity contribution in [3.05, 3.63) is 157 Å². The summed E-state index contributed by atoms with van der Waals surface area (Å²) in [5, 5.41) is 96.8. The summed E-state index contributed by atoms with van der Waals surface area (Å²) < 4.78 is 71.1. The van der Waals surface area contributed by atoms with Crippen molar-refractivity contribution < 1.29 is 144 Å². The van der Waals surface area contributed by atoms with Gasteiger partial charge in [0.15, 0.2) is 40.5 Å².